The minimum absolute atomic E-state index is 0.0325. The van der Waals surface area contributed by atoms with Crippen LogP contribution >= 0.6 is 11.3 Å². The number of nitrogens with zero attached hydrogens (tertiary/aromatic N) is 2. The molecule has 1 aliphatic rings. The van der Waals surface area contributed by atoms with Crippen molar-refractivity contribution in [3.63, 3.8) is 0 Å². The molecule has 188 valence electrons. The number of amides is 3. The van der Waals surface area contributed by atoms with Crippen LogP contribution in [0, 0.1) is 12.3 Å². The third kappa shape index (κ3) is 6.15. The highest BCUT2D eigenvalue weighted by Crippen LogP contribution is 2.29. The van der Waals surface area contributed by atoms with E-state index in [1.165, 1.54) is 4.90 Å². The Balaban J connectivity index is 1.73. The highest BCUT2D eigenvalue weighted by atomic mass is 32.1. The number of aryl methyl sites for hydroxylation is 1. The maximum Gasteiger partial charge on any atom is 0.246 e. The molecule has 8 nitrogen and oxygen atoms in total. The van der Waals surface area contributed by atoms with Crippen LogP contribution in [0.1, 0.15) is 51.4 Å². The molecule has 1 aromatic heterocycles. The fourth-order valence-corrected chi connectivity index (χ4v) is 5.03. The number of thiazole rings is 1. The van der Waals surface area contributed by atoms with E-state index in [1.807, 2.05) is 64.4 Å². The Hall–Kier alpha value is -3.04. The zero-order valence-corrected chi connectivity index (χ0v) is 21.7. The number of aromatic nitrogens is 1. The van der Waals surface area contributed by atoms with Crippen LogP contribution in [0.4, 0.5) is 0 Å². The van der Waals surface area contributed by atoms with Crippen molar-refractivity contribution in [1.82, 2.24) is 20.5 Å². The maximum atomic E-state index is 13.4. The van der Waals surface area contributed by atoms with Gasteiger partial charge >= 0.3 is 0 Å². The molecule has 0 bridgehead atoms. The summed E-state index contributed by atoms with van der Waals surface area (Å²) in [5, 5.41) is 16.0. The number of carbonyl (C=O) groups is 3. The van der Waals surface area contributed by atoms with Gasteiger partial charge in [0.15, 0.2) is 0 Å². The predicted molar refractivity (Wildman–Crippen MR) is 137 cm³/mol. The van der Waals surface area contributed by atoms with Crippen molar-refractivity contribution in [2.75, 3.05) is 6.54 Å². The molecule has 3 amide bonds. The molecular formula is C26H34N4O4S. The van der Waals surface area contributed by atoms with Crippen molar-refractivity contribution in [2.45, 2.75) is 65.3 Å². The van der Waals surface area contributed by atoms with Crippen LogP contribution in [0.5, 0.6) is 0 Å². The van der Waals surface area contributed by atoms with E-state index in [4.69, 9.17) is 0 Å². The highest BCUT2D eigenvalue weighted by Gasteiger charge is 2.44. The highest BCUT2D eigenvalue weighted by molar-refractivity contribution is 7.13. The number of rotatable bonds is 7. The molecule has 2 aromatic rings. The molecule has 0 unspecified atom stereocenters. The molecule has 3 N–H and O–H groups in total. The van der Waals surface area contributed by atoms with Crippen LogP contribution in [0.25, 0.3) is 10.4 Å². The summed E-state index contributed by atoms with van der Waals surface area (Å²) in [5.41, 5.74) is 4.18. The number of likely N-dealkylation sites (tertiary alicyclic amines) is 1. The molecule has 0 radical (unpaired) electrons. The molecule has 0 aliphatic carbocycles. The molecule has 1 fully saturated rings. The summed E-state index contributed by atoms with van der Waals surface area (Å²) >= 11 is 1.58. The first-order chi connectivity index (χ1) is 16.4. The minimum atomic E-state index is -0.867. The first kappa shape index (κ1) is 26.6. The molecule has 9 heteroatoms. The Morgan fingerprint density at radius 3 is 2.43 bits per heavy atom. The number of aliphatic hydroxyl groups is 1. The topological polar surface area (TPSA) is 112 Å². The van der Waals surface area contributed by atoms with Gasteiger partial charge in [0, 0.05) is 13.0 Å². The number of benzene rings is 1. The van der Waals surface area contributed by atoms with Crippen LogP contribution in [0.15, 0.2) is 42.4 Å². The molecule has 4 atom stereocenters. The first-order valence-corrected chi connectivity index (χ1v) is 12.5. The fourth-order valence-electron chi connectivity index (χ4n) is 4.22. The molecule has 1 aromatic carbocycles. The standard InChI is InChI=1S/C26H34N4O4S/c1-7-21(32)29-23(26(4,5)6)25(34)30-13-19(31)12-20(30)24(33)28-15(2)17-8-10-18(11-9-17)22-16(3)27-14-35-22/h7-11,14-15,19-20,23,31H,1,12-13H2,2-6H3,(H,28,33)(H,29,32)/t15-,19+,20-,23+/m0/s1. The van der Waals surface area contributed by atoms with Crippen molar-refractivity contribution in [3.8, 4) is 10.4 Å². The molecule has 0 spiro atoms. The molecule has 1 saturated heterocycles. The van der Waals surface area contributed by atoms with Crippen molar-refractivity contribution in [2.24, 2.45) is 5.41 Å². The van der Waals surface area contributed by atoms with Crippen LogP contribution < -0.4 is 10.6 Å². The average Bonchev–Trinajstić information content (AvgIpc) is 3.41. The SMILES string of the molecule is C=CC(=O)N[C@H](C(=O)N1C[C@H](O)C[C@H]1C(=O)N[C@@H](C)c1ccc(-c2scnc2C)cc1)C(C)(C)C. The fraction of sp³-hybridized carbons (Fsp3) is 0.462. The molecule has 2 heterocycles. The van der Waals surface area contributed by atoms with Gasteiger partial charge in [0.25, 0.3) is 0 Å². The largest absolute Gasteiger partial charge is 0.391 e. The van der Waals surface area contributed by atoms with Gasteiger partial charge in [0.2, 0.25) is 17.7 Å². The van der Waals surface area contributed by atoms with Crippen LogP contribution in [0.2, 0.25) is 0 Å². The van der Waals surface area contributed by atoms with E-state index in [9.17, 15) is 19.5 Å². The van der Waals surface area contributed by atoms with E-state index in [0.29, 0.717) is 0 Å². The van der Waals surface area contributed by atoms with Crippen LogP contribution in [0.3, 0.4) is 0 Å². The lowest BCUT2D eigenvalue weighted by molar-refractivity contribution is -0.143. The van der Waals surface area contributed by atoms with Crippen molar-refractivity contribution >= 4 is 29.1 Å². The number of hydrogen-bond donors (Lipinski definition) is 3. The third-order valence-electron chi connectivity index (χ3n) is 6.23. The van der Waals surface area contributed by atoms with E-state index in [2.05, 4.69) is 22.2 Å². The van der Waals surface area contributed by atoms with Gasteiger partial charge in [0.1, 0.15) is 12.1 Å². The van der Waals surface area contributed by atoms with E-state index in [0.717, 1.165) is 27.8 Å². The summed E-state index contributed by atoms with van der Waals surface area (Å²) in [6.07, 6.45) is 0.431. The zero-order chi connectivity index (χ0) is 25.9. The van der Waals surface area contributed by atoms with Crippen molar-refractivity contribution in [3.05, 3.63) is 53.7 Å². The van der Waals surface area contributed by atoms with Gasteiger partial charge in [-0.2, -0.15) is 0 Å². The predicted octanol–water partition coefficient (Wildman–Crippen LogP) is 2.97. The van der Waals surface area contributed by atoms with Crippen molar-refractivity contribution < 1.29 is 19.5 Å². The summed E-state index contributed by atoms with van der Waals surface area (Å²) in [6.45, 7) is 12.8. The van der Waals surface area contributed by atoms with Crippen molar-refractivity contribution in [1.29, 1.82) is 0 Å². The molecule has 1 aliphatic heterocycles. The monoisotopic (exact) mass is 498 g/mol. The number of aliphatic hydroxyl groups excluding tert-OH is 1. The Labute approximate surface area is 210 Å². The number of β-amino-alcohol motifs (C(OH)–C–C–N with tert-alkyl or cyclic N) is 1. The number of hydrogen-bond acceptors (Lipinski definition) is 6. The lowest BCUT2D eigenvalue weighted by Gasteiger charge is -2.35. The zero-order valence-electron chi connectivity index (χ0n) is 20.9. The van der Waals surface area contributed by atoms with Gasteiger partial charge in [-0.05, 0) is 36.5 Å². The van der Waals surface area contributed by atoms with Gasteiger partial charge in [-0.1, -0.05) is 51.6 Å². The number of nitrogens with one attached hydrogen (secondary N) is 2. The molecule has 35 heavy (non-hydrogen) atoms. The average molecular weight is 499 g/mol. The second-order valence-corrected chi connectivity index (χ2v) is 10.9. The number of carbonyl (C=O) groups excluding carboxylic acids is 3. The van der Waals surface area contributed by atoms with E-state index >= 15 is 0 Å². The van der Waals surface area contributed by atoms with Crippen LogP contribution in [-0.2, 0) is 14.4 Å². The normalized spacial score (nSPS) is 19.7. The van der Waals surface area contributed by atoms with E-state index in [1.54, 1.807) is 11.3 Å². The minimum Gasteiger partial charge on any atom is -0.391 e. The third-order valence-corrected chi connectivity index (χ3v) is 7.20. The Bertz CT molecular complexity index is 1090. The Morgan fingerprint density at radius 2 is 1.89 bits per heavy atom. The molecular weight excluding hydrogens is 464 g/mol. The van der Waals surface area contributed by atoms with Gasteiger partial charge in [-0.3, -0.25) is 14.4 Å². The van der Waals surface area contributed by atoms with Crippen LogP contribution in [-0.4, -0.2) is 57.4 Å². The second-order valence-electron chi connectivity index (χ2n) is 10.0. The summed E-state index contributed by atoms with van der Waals surface area (Å²) in [5.74, 6) is -1.21. The van der Waals surface area contributed by atoms with Gasteiger partial charge in [-0.15, -0.1) is 11.3 Å². The lowest BCUT2D eigenvalue weighted by atomic mass is 9.85. The lowest BCUT2D eigenvalue weighted by Crippen LogP contribution is -2.57. The Morgan fingerprint density at radius 1 is 1.23 bits per heavy atom. The second kappa shape index (κ2) is 10.7. The first-order valence-electron chi connectivity index (χ1n) is 11.6. The van der Waals surface area contributed by atoms with Gasteiger partial charge < -0.3 is 20.6 Å². The van der Waals surface area contributed by atoms with Gasteiger partial charge in [0.05, 0.1) is 28.2 Å². The summed E-state index contributed by atoms with van der Waals surface area (Å²) in [4.78, 5) is 45.4. The van der Waals surface area contributed by atoms with E-state index < -0.39 is 35.4 Å². The molecule has 3 rings (SSSR count). The Kier molecular flexibility index (Phi) is 8.12. The smallest absolute Gasteiger partial charge is 0.246 e. The molecule has 0 saturated carbocycles. The summed E-state index contributed by atoms with van der Waals surface area (Å²) in [7, 11) is 0. The summed E-state index contributed by atoms with van der Waals surface area (Å²) < 4.78 is 0. The quantitative estimate of drug-likeness (QED) is 0.508. The summed E-state index contributed by atoms with van der Waals surface area (Å²) in [6, 6.07) is 5.94. The maximum absolute atomic E-state index is 13.4. The van der Waals surface area contributed by atoms with E-state index in [-0.39, 0.29) is 24.9 Å². The van der Waals surface area contributed by atoms with Gasteiger partial charge in [-0.25, -0.2) is 4.98 Å².